The van der Waals surface area contributed by atoms with E-state index >= 15 is 0 Å². The molecule has 3 aromatic rings. The van der Waals surface area contributed by atoms with Crippen molar-refractivity contribution in [1.82, 2.24) is 30.6 Å². The van der Waals surface area contributed by atoms with Gasteiger partial charge in [0.2, 0.25) is 0 Å². The largest absolute Gasteiger partial charge is 0.358 e. The van der Waals surface area contributed by atoms with Gasteiger partial charge < -0.3 is 7.43 Å². The summed E-state index contributed by atoms with van der Waals surface area (Å²) < 4.78 is 0. The van der Waals surface area contributed by atoms with Crippen molar-refractivity contribution in [3.05, 3.63) is 44.2 Å². The average molecular weight is 442 g/mol. The molecule has 3 N–H and O–H groups in total. The predicted molar refractivity (Wildman–Crippen MR) is 74.1 cm³/mol. The number of aromatic nitrogens is 6. The fraction of sp³-hybridized carbons (Fsp3) is 0. The Bertz CT molecular complexity index is 457. The van der Waals surface area contributed by atoms with Crippen LogP contribution in [-0.4, -0.2) is 37.3 Å². The smallest absolute Gasteiger partial charge is 0.308 e. The minimum Gasteiger partial charge on any atom is -0.358 e. The Hall–Kier alpha value is -1.14. The van der Waals surface area contributed by atoms with Crippen LogP contribution in [0.5, 0.6) is 0 Å². The summed E-state index contributed by atoms with van der Waals surface area (Å²) in [6.07, 6.45) is 5.19. The Balaban J connectivity index is 0.00000108. The molecule has 3 rings (SSSR count). The molecule has 3 heterocycles. The predicted octanol–water partition coefficient (Wildman–Crippen LogP) is -0.758. The number of halogens is 1. The molecule has 0 spiro atoms. The molecule has 19 heavy (non-hydrogen) atoms. The molecule has 0 aromatic carbocycles. The van der Waals surface area contributed by atoms with Gasteiger partial charge in [0, 0.05) is 61.2 Å². The van der Waals surface area contributed by atoms with Gasteiger partial charge in [-0.2, -0.15) is 15.3 Å². The molecule has 0 fully saturated rings. The summed E-state index contributed by atoms with van der Waals surface area (Å²) in [6.45, 7) is 0.0347. The fourth-order valence-electron chi connectivity index (χ4n) is 1.78. The van der Waals surface area contributed by atoms with E-state index < -0.39 is 0 Å². The fourth-order valence-corrected chi connectivity index (χ4v) is 1.78. The van der Waals surface area contributed by atoms with Gasteiger partial charge in [-0.05, 0) is 18.2 Å². The van der Waals surface area contributed by atoms with Crippen molar-refractivity contribution in [3.8, 4) is 0 Å². The second-order valence-corrected chi connectivity index (χ2v) is 3.47. The Morgan fingerprint density at radius 1 is 0.737 bits per heavy atom. The Kier molecular flexibility index (Phi) is 7.62. The molecule has 0 saturated heterocycles. The quantitative estimate of drug-likeness (QED) is 0.369. The second kappa shape index (κ2) is 8.11. The third-order valence-electron chi connectivity index (χ3n) is 2.50. The number of hydrogen-bond acceptors (Lipinski definition) is 3. The number of nitrogens with one attached hydrogen (secondary N) is 3. The van der Waals surface area contributed by atoms with Gasteiger partial charge in [-0.3, -0.25) is 15.3 Å². The van der Waals surface area contributed by atoms with E-state index in [0.29, 0.717) is 0 Å². The molecule has 0 aliphatic rings. The van der Waals surface area contributed by atoms with Crippen LogP contribution in [-0.2, 0) is 25.8 Å². The Morgan fingerprint density at radius 3 is 1.26 bits per heavy atom. The molecule has 98 valence electrons. The van der Waals surface area contributed by atoms with E-state index in [-0.39, 0.29) is 52.4 Å². The minimum atomic E-state index is 0. The summed E-state index contributed by atoms with van der Waals surface area (Å²) >= 11 is 0. The van der Waals surface area contributed by atoms with Gasteiger partial charge in [-0.15, -0.1) is 12.4 Å². The van der Waals surface area contributed by atoms with Crippen molar-refractivity contribution in [2.24, 2.45) is 0 Å². The third kappa shape index (κ3) is 3.67. The maximum Gasteiger partial charge on any atom is 0.308 e. The number of aromatic amines is 3. The van der Waals surface area contributed by atoms with Gasteiger partial charge in [0.1, 0.15) is 0 Å². The maximum absolute atomic E-state index is 3.97. The van der Waals surface area contributed by atoms with Gasteiger partial charge in [0.25, 0.3) is 0 Å². The summed E-state index contributed by atoms with van der Waals surface area (Å²) in [6, 6.07) is 5.81. The van der Waals surface area contributed by atoms with E-state index in [2.05, 4.69) is 30.6 Å². The van der Waals surface area contributed by atoms with Crippen LogP contribution in [0.4, 0.5) is 0 Å². The zero-order chi connectivity index (χ0) is 10.8. The average Bonchev–Trinajstić information content (AvgIpc) is 3.02. The van der Waals surface area contributed by atoms with Crippen LogP contribution in [0.1, 0.15) is 0 Å². The standard InChI is InChI=1S/C9H9BN6.CH3.ClH.Hf/c1-4-11-14-7(1)10(8-2-5-12-15-8)9-3-6-13-16-9;;;/h1-6H,(H,11,14)(H,12,15)(H,13,16);1H3;1H;/q;-1;;. The van der Waals surface area contributed by atoms with Crippen molar-refractivity contribution < 1.29 is 25.8 Å². The summed E-state index contributed by atoms with van der Waals surface area (Å²) in [4.78, 5) is 0. The van der Waals surface area contributed by atoms with Crippen molar-refractivity contribution in [1.29, 1.82) is 0 Å². The van der Waals surface area contributed by atoms with Crippen LogP contribution in [0.3, 0.4) is 0 Å². The monoisotopic (exact) mass is 443 g/mol. The molecule has 0 atom stereocenters. The summed E-state index contributed by atoms with van der Waals surface area (Å²) in [5.41, 5.74) is 2.98. The van der Waals surface area contributed by atoms with E-state index in [1.165, 1.54) is 0 Å². The molecule has 6 nitrogen and oxygen atoms in total. The zero-order valence-electron chi connectivity index (χ0n) is 10.3. The van der Waals surface area contributed by atoms with Gasteiger partial charge in [-0.1, -0.05) is 0 Å². The molecule has 0 saturated carbocycles. The molecule has 9 heteroatoms. The topological polar surface area (TPSA) is 86.0 Å². The van der Waals surface area contributed by atoms with E-state index in [1.54, 1.807) is 18.6 Å². The Morgan fingerprint density at radius 2 is 1.05 bits per heavy atom. The van der Waals surface area contributed by atoms with E-state index in [0.717, 1.165) is 16.8 Å². The SMILES string of the molecule is Cl.[CH3-].[Hf].c1cc(B(c2ccn[nH]2)c2ccn[nH]2)[nH]n1. The molecule has 0 bridgehead atoms. The molecule has 3 aromatic heterocycles. The second-order valence-electron chi connectivity index (χ2n) is 3.47. The van der Waals surface area contributed by atoms with Crippen LogP contribution >= 0.6 is 12.4 Å². The number of rotatable bonds is 3. The third-order valence-corrected chi connectivity index (χ3v) is 2.50. The van der Waals surface area contributed by atoms with Crippen molar-refractivity contribution in [2.45, 2.75) is 0 Å². The van der Waals surface area contributed by atoms with Crippen LogP contribution in [0.25, 0.3) is 0 Å². The normalized spacial score (nSPS) is 8.84. The maximum atomic E-state index is 3.97. The van der Waals surface area contributed by atoms with E-state index in [4.69, 9.17) is 0 Å². The summed E-state index contributed by atoms with van der Waals surface area (Å²) in [5, 5.41) is 20.8. The molecular weight excluding hydrogens is 429 g/mol. The molecular formula is C10H13BClHfN6-. The van der Waals surface area contributed by atoms with Gasteiger partial charge >= 0.3 is 6.71 Å². The first kappa shape index (κ1) is 17.9. The zero-order valence-corrected chi connectivity index (χ0v) is 14.7. The first-order valence-corrected chi connectivity index (χ1v) is 4.93. The number of nitrogens with zero attached hydrogens (tertiary/aromatic N) is 3. The van der Waals surface area contributed by atoms with E-state index in [1.807, 2.05) is 18.2 Å². The Labute approximate surface area is 136 Å². The van der Waals surface area contributed by atoms with Crippen LogP contribution in [0, 0.1) is 7.43 Å². The van der Waals surface area contributed by atoms with Crippen molar-refractivity contribution >= 4 is 35.9 Å². The molecule has 0 unspecified atom stereocenters. The van der Waals surface area contributed by atoms with Crippen LogP contribution < -0.4 is 16.8 Å². The van der Waals surface area contributed by atoms with Gasteiger partial charge in [0.05, 0.1) is 0 Å². The first-order chi connectivity index (χ1) is 7.95. The van der Waals surface area contributed by atoms with Crippen molar-refractivity contribution in [2.75, 3.05) is 0 Å². The van der Waals surface area contributed by atoms with E-state index in [9.17, 15) is 0 Å². The van der Waals surface area contributed by atoms with Gasteiger partial charge in [-0.25, -0.2) is 0 Å². The molecule has 0 aliphatic carbocycles. The van der Waals surface area contributed by atoms with Crippen molar-refractivity contribution in [3.63, 3.8) is 0 Å². The van der Waals surface area contributed by atoms with Gasteiger partial charge in [0.15, 0.2) is 0 Å². The minimum absolute atomic E-state index is 0. The van der Waals surface area contributed by atoms with Crippen LogP contribution in [0.15, 0.2) is 36.8 Å². The molecule has 0 aliphatic heterocycles. The first-order valence-electron chi connectivity index (χ1n) is 4.93. The van der Waals surface area contributed by atoms with Crippen LogP contribution in [0.2, 0.25) is 0 Å². The number of H-pyrrole nitrogens is 3. The summed E-state index contributed by atoms with van der Waals surface area (Å²) in [5.74, 6) is 0. The molecule has 0 radical (unpaired) electrons. The summed E-state index contributed by atoms with van der Waals surface area (Å²) in [7, 11) is 0. The molecule has 0 amide bonds. The number of hydrogen-bond donors (Lipinski definition) is 3.